The smallest absolute Gasteiger partial charge is 0.0300 e. The van der Waals surface area contributed by atoms with Crippen LogP contribution < -0.4 is 5.73 Å². The molecule has 0 unspecified atom stereocenters. The third kappa shape index (κ3) is 1.98. The lowest BCUT2D eigenvalue weighted by atomic mass is 9.91. The van der Waals surface area contributed by atoms with Crippen LogP contribution in [0.25, 0.3) is 0 Å². The van der Waals surface area contributed by atoms with Crippen LogP contribution in [-0.4, -0.2) is 0 Å². The Morgan fingerprint density at radius 1 is 1.33 bits per heavy atom. The average molecular weight is 268 g/mol. The number of hydrogen-bond donors (Lipinski definition) is 1. The fourth-order valence-corrected chi connectivity index (χ4v) is 3.15. The van der Waals surface area contributed by atoms with Crippen molar-refractivity contribution in [2.24, 2.45) is 5.73 Å². The molecule has 15 heavy (non-hydrogen) atoms. The molecule has 0 fully saturated rings. The van der Waals surface area contributed by atoms with Crippen LogP contribution in [0.4, 0.5) is 0 Å². The van der Waals surface area contributed by atoms with E-state index in [0.717, 1.165) is 6.42 Å². The van der Waals surface area contributed by atoms with Gasteiger partial charge in [-0.25, -0.2) is 0 Å². The maximum atomic E-state index is 6.26. The number of halogens is 1. The predicted octanol–water partition coefficient (Wildman–Crippen LogP) is 3.79. The molecule has 2 rings (SSSR count). The topological polar surface area (TPSA) is 26.0 Å². The second-order valence-electron chi connectivity index (χ2n) is 4.54. The average Bonchev–Trinajstić information content (AvgIpc) is 2.37. The molecular formula is C13H18BrN. The molecule has 0 amide bonds. The van der Waals surface area contributed by atoms with E-state index in [1.54, 1.807) is 0 Å². The standard InChI is InChI=1S/C13H18BrN/c1-8-7-11(14)9(2)13-10(8)5-3-4-6-12(13)15/h7,12H,3-6,15H2,1-2H3/t12-/m0/s1. The largest absolute Gasteiger partial charge is 0.324 e. The van der Waals surface area contributed by atoms with Crippen molar-refractivity contribution in [2.45, 2.75) is 45.6 Å². The molecule has 2 heteroatoms. The number of rotatable bonds is 0. The van der Waals surface area contributed by atoms with Crippen molar-refractivity contribution in [1.82, 2.24) is 0 Å². The summed E-state index contributed by atoms with van der Waals surface area (Å²) in [6, 6.07) is 2.46. The van der Waals surface area contributed by atoms with Crippen molar-refractivity contribution in [3.63, 3.8) is 0 Å². The normalized spacial score (nSPS) is 20.9. The van der Waals surface area contributed by atoms with Crippen LogP contribution in [0.5, 0.6) is 0 Å². The zero-order valence-corrected chi connectivity index (χ0v) is 11.0. The Morgan fingerprint density at radius 3 is 2.80 bits per heavy atom. The highest BCUT2D eigenvalue weighted by Gasteiger charge is 2.20. The van der Waals surface area contributed by atoms with Crippen LogP contribution in [-0.2, 0) is 6.42 Å². The zero-order chi connectivity index (χ0) is 11.0. The third-order valence-corrected chi connectivity index (χ3v) is 4.29. The zero-order valence-electron chi connectivity index (χ0n) is 9.44. The van der Waals surface area contributed by atoms with Crippen molar-refractivity contribution < 1.29 is 0 Å². The van der Waals surface area contributed by atoms with Crippen LogP contribution in [0, 0.1) is 13.8 Å². The highest BCUT2D eigenvalue weighted by molar-refractivity contribution is 9.10. The minimum atomic E-state index is 0.235. The lowest BCUT2D eigenvalue weighted by Crippen LogP contribution is -2.13. The van der Waals surface area contributed by atoms with Crippen molar-refractivity contribution >= 4 is 15.9 Å². The van der Waals surface area contributed by atoms with Gasteiger partial charge in [0, 0.05) is 10.5 Å². The molecule has 82 valence electrons. The molecule has 0 bridgehead atoms. The SMILES string of the molecule is Cc1cc(Br)c(C)c2c1CCCC[C@@H]2N. The lowest BCUT2D eigenvalue weighted by molar-refractivity contribution is 0.613. The van der Waals surface area contributed by atoms with Gasteiger partial charge in [-0.1, -0.05) is 22.4 Å². The quantitative estimate of drug-likeness (QED) is 0.712. The molecule has 0 spiro atoms. The van der Waals surface area contributed by atoms with Crippen molar-refractivity contribution in [2.75, 3.05) is 0 Å². The van der Waals surface area contributed by atoms with Gasteiger partial charge in [-0.15, -0.1) is 0 Å². The van der Waals surface area contributed by atoms with E-state index in [-0.39, 0.29) is 6.04 Å². The van der Waals surface area contributed by atoms with Crippen LogP contribution in [0.3, 0.4) is 0 Å². The van der Waals surface area contributed by atoms with E-state index in [2.05, 4.69) is 35.8 Å². The molecular weight excluding hydrogens is 250 g/mol. The third-order valence-electron chi connectivity index (χ3n) is 3.47. The maximum absolute atomic E-state index is 6.26. The summed E-state index contributed by atoms with van der Waals surface area (Å²) < 4.78 is 1.20. The highest BCUT2D eigenvalue weighted by Crippen LogP contribution is 2.35. The molecule has 0 radical (unpaired) electrons. The minimum Gasteiger partial charge on any atom is -0.324 e. The minimum absolute atomic E-state index is 0.235. The molecule has 2 N–H and O–H groups in total. The monoisotopic (exact) mass is 267 g/mol. The van der Waals surface area contributed by atoms with Gasteiger partial charge >= 0.3 is 0 Å². The first-order valence-corrected chi connectivity index (χ1v) is 6.44. The number of hydrogen-bond acceptors (Lipinski definition) is 1. The molecule has 1 aromatic rings. The second kappa shape index (κ2) is 4.26. The van der Waals surface area contributed by atoms with Gasteiger partial charge in [-0.05, 0) is 61.4 Å². The summed E-state index contributed by atoms with van der Waals surface area (Å²) >= 11 is 3.62. The second-order valence-corrected chi connectivity index (χ2v) is 5.40. The Hall–Kier alpha value is -0.340. The first-order valence-electron chi connectivity index (χ1n) is 5.65. The molecule has 1 nitrogen and oxygen atoms in total. The van der Waals surface area contributed by atoms with E-state index in [1.807, 2.05) is 0 Å². The van der Waals surface area contributed by atoms with E-state index in [9.17, 15) is 0 Å². The van der Waals surface area contributed by atoms with E-state index in [0.29, 0.717) is 0 Å². The fraction of sp³-hybridized carbons (Fsp3) is 0.538. The molecule has 1 aliphatic carbocycles. The van der Waals surface area contributed by atoms with E-state index in [1.165, 1.54) is 46.0 Å². The molecule has 1 aliphatic rings. The lowest BCUT2D eigenvalue weighted by Gasteiger charge is -2.19. The summed E-state index contributed by atoms with van der Waals surface area (Å²) in [6.45, 7) is 4.37. The highest BCUT2D eigenvalue weighted by atomic mass is 79.9. The first kappa shape index (κ1) is 11.2. The summed E-state index contributed by atoms with van der Waals surface area (Å²) in [5, 5.41) is 0. The molecule has 1 aromatic carbocycles. The Labute approximate surface area is 100 Å². The summed E-state index contributed by atoms with van der Waals surface area (Å²) in [6.07, 6.45) is 4.86. The number of benzene rings is 1. The number of fused-ring (bicyclic) bond motifs is 1. The van der Waals surface area contributed by atoms with Gasteiger partial charge in [0.25, 0.3) is 0 Å². The van der Waals surface area contributed by atoms with Gasteiger partial charge in [-0.2, -0.15) is 0 Å². The predicted molar refractivity (Wildman–Crippen MR) is 68.1 cm³/mol. The van der Waals surface area contributed by atoms with Crippen molar-refractivity contribution in [3.8, 4) is 0 Å². The van der Waals surface area contributed by atoms with Crippen molar-refractivity contribution in [1.29, 1.82) is 0 Å². The number of aryl methyl sites for hydroxylation is 1. The van der Waals surface area contributed by atoms with Gasteiger partial charge in [0.1, 0.15) is 0 Å². The van der Waals surface area contributed by atoms with E-state index in [4.69, 9.17) is 5.73 Å². The van der Waals surface area contributed by atoms with Crippen LogP contribution >= 0.6 is 15.9 Å². The van der Waals surface area contributed by atoms with Crippen LogP contribution in [0.1, 0.15) is 47.6 Å². The molecule has 0 heterocycles. The molecule has 0 aliphatic heterocycles. The Morgan fingerprint density at radius 2 is 2.07 bits per heavy atom. The van der Waals surface area contributed by atoms with Gasteiger partial charge in [0.15, 0.2) is 0 Å². The maximum Gasteiger partial charge on any atom is 0.0300 e. The summed E-state index contributed by atoms with van der Waals surface area (Å²) in [5.41, 5.74) is 11.9. The Bertz CT molecular complexity index is 385. The number of nitrogens with two attached hydrogens (primary N) is 1. The summed E-state index contributed by atoms with van der Waals surface area (Å²) in [4.78, 5) is 0. The van der Waals surface area contributed by atoms with Crippen molar-refractivity contribution in [3.05, 3.63) is 32.8 Å². The molecule has 0 aromatic heterocycles. The summed E-state index contributed by atoms with van der Waals surface area (Å²) in [7, 11) is 0. The van der Waals surface area contributed by atoms with Gasteiger partial charge in [0.05, 0.1) is 0 Å². The molecule has 0 saturated heterocycles. The molecule has 0 saturated carbocycles. The van der Waals surface area contributed by atoms with Gasteiger partial charge in [0.2, 0.25) is 0 Å². The fourth-order valence-electron chi connectivity index (χ4n) is 2.60. The van der Waals surface area contributed by atoms with Crippen LogP contribution in [0.15, 0.2) is 10.5 Å². The molecule has 1 atom stereocenters. The van der Waals surface area contributed by atoms with Crippen LogP contribution in [0.2, 0.25) is 0 Å². The Balaban J connectivity index is 2.63. The summed E-state index contributed by atoms with van der Waals surface area (Å²) in [5.74, 6) is 0. The van der Waals surface area contributed by atoms with Gasteiger partial charge < -0.3 is 5.73 Å². The first-order chi connectivity index (χ1) is 7.11. The van der Waals surface area contributed by atoms with E-state index >= 15 is 0 Å². The Kier molecular flexibility index (Phi) is 3.17. The van der Waals surface area contributed by atoms with Gasteiger partial charge in [-0.3, -0.25) is 0 Å². The van der Waals surface area contributed by atoms with E-state index < -0.39 is 0 Å².